The number of rotatable bonds is 2. The van der Waals surface area contributed by atoms with Gasteiger partial charge in [-0.05, 0) is 26.3 Å². The number of hydrogen-bond acceptors (Lipinski definition) is 5. The SMILES string of the molecule is Cc1ccc(-c2nc3sc(C)c(C)c3c(=O)[nH]2)cc1[N+](=O)[O-]. The summed E-state index contributed by atoms with van der Waals surface area (Å²) < 4.78 is 0. The van der Waals surface area contributed by atoms with E-state index in [2.05, 4.69) is 9.97 Å². The predicted octanol–water partition coefficient (Wildman–Crippen LogP) is 3.49. The fraction of sp³-hybridized carbons (Fsp3) is 0.200. The molecule has 2 aromatic heterocycles. The fourth-order valence-corrected chi connectivity index (χ4v) is 3.37. The minimum absolute atomic E-state index is 0.0128. The van der Waals surface area contributed by atoms with Crippen LogP contribution in [0.25, 0.3) is 21.6 Å². The number of hydrogen-bond donors (Lipinski definition) is 1. The Balaban J connectivity index is 2.25. The van der Waals surface area contributed by atoms with Crippen LogP contribution in [0.4, 0.5) is 5.69 Å². The summed E-state index contributed by atoms with van der Waals surface area (Å²) >= 11 is 1.45. The van der Waals surface area contributed by atoms with E-state index in [1.165, 1.54) is 17.4 Å². The summed E-state index contributed by atoms with van der Waals surface area (Å²) in [7, 11) is 0. The zero-order valence-electron chi connectivity index (χ0n) is 12.3. The lowest BCUT2D eigenvalue weighted by Gasteiger charge is -2.03. The molecule has 0 spiro atoms. The van der Waals surface area contributed by atoms with Gasteiger partial charge in [-0.25, -0.2) is 4.98 Å². The third-order valence-electron chi connectivity index (χ3n) is 3.72. The first-order valence-corrected chi connectivity index (χ1v) is 7.45. The lowest BCUT2D eigenvalue weighted by Crippen LogP contribution is -2.09. The van der Waals surface area contributed by atoms with Crippen LogP contribution in [-0.4, -0.2) is 14.9 Å². The van der Waals surface area contributed by atoms with Crippen LogP contribution in [0.3, 0.4) is 0 Å². The molecule has 3 rings (SSSR count). The molecule has 1 N–H and O–H groups in total. The number of nitrogens with one attached hydrogen (secondary N) is 1. The number of aryl methyl sites for hydroxylation is 3. The molecular weight excluding hydrogens is 302 g/mol. The van der Waals surface area contributed by atoms with Crippen molar-refractivity contribution in [2.24, 2.45) is 0 Å². The van der Waals surface area contributed by atoms with E-state index in [0.717, 1.165) is 10.4 Å². The molecule has 6 nitrogen and oxygen atoms in total. The van der Waals surface area contributed by atoms with Crippen LogP contribution in [0.1, 0.15) is 16.0 Å². The van der Waals surface area contributed by atoms with Gasteiger partial charge in [0.2, 0.25) is 0 Å². The summed E-state index contributed by atoms with van der Waals surface area (Å²) in [4.78, 5) is 31.8. The number of nitro groups is 1. The standard InChI is InChI=1S/C15H13N3O3S/c1-7-4-5-10(6-11(7)18(20)21)13-16-14(19)12-8(2)9(3)22-15(12)17-13/h4-6H,1-3H3,(H,16,17,19). The van der Waals surface area contributed by atoms with Gasteiger partial charge in [0.25, 0.3) is 11.2 Å². The Morgan fingerprint density at radius 1 is 1.27 bits per heavy atom. The molecule has 0 aliphatic carbocycles. The number of benzene rings is 1. The fourth-order valence-electron chi connectivity index (χ4n) is 2.34. The molecule has 1 aromatic carbocycles. The third kappa shape index (κ3) is 2.19. The summed E-state index contributed by atoms with van der Waals surface area (Å²) in [5, 5.41) is 11.6. The van der Waals surface area contributed by atoms with Crippen LogP contribution in [-0.2, 0) is 0 Å². The second-order valence-electron chi connectivity index (χ2n) is 5.14. The van der Waals surface area contributed by atoms with Crippen molar-refractivity contribution in [1.82, 2.24) is 9.97 Å². The largest absolute Gasteiger partial charge is 0.306 e. The van der Waals surface area contributed by atoms with E-state index < -0.39 is 4.92 Å². The van der Waals surface area contributed by atoms with Crippen LogP contribution in [0.5, 0.6) is 0 Å². The van der Waals surface area contributed by atoms with Crippen LogP contribution < -0.4 is 5.56 Å². The molecule has 22 heavy (non-hydrogen) atoms. The molecule has 0 saturated carbocycles. The predicted molar refractivity (Wildman–Crippen MR) is 86.5 cm³/mol. The molecule has 2 heterocycles. The second-order valence-corrected chi connectivity index (χ2v) is 6.34. The summed E-state index contributed by atoms with van der Waals surface area (Å²) in [5.74, 6) is 0.349. The topological polar surface area (TPSA) is 88.9 Å². The van der Waals surface area contributed by atoms with Gasteiger partial charge in [-0.15, -0.1) is 11.3 Å². The Morgan fingerprint density at radius 2 is 2.00 bits per heavy atom. The van der Waals surface area contributed by atoms with E-state index in [-0.39, 0.29) is 11.2 Å². The maximum absolute atomic E-state index is 12.3. The number of H-pyrrole nitrogens is 1. The zero-order valence-corrected chi connectivity index (χ0v) is 13.1. The highest BCUT2D eigenvalue weighted by molar-refractivity contribution is 7.18. The van der Waals surface area contributed by atoms with Crippen molar-refractivity contribution >= 4 is 27.2 Å². The molecule has 0 bridgehead atoms. The van der Waals surface area contributed by atoms with E-state index in [4.69, 9.17) is 0 Å². The Labute approximate surface area is 129 Å². The van der Waals surface area contributed by atoms with Crippen LogP contribution in [0.15, 0.2) is 23.0 Å². The molecule has 0 aliphatic rings. The number of fused-ring (bicyclic) bond motifs is 1. The Kier molecular flexibility index (Phi) is 3.29. The van der Waals surface area contributed by atoms with Crippen molar-refractivity contribution in [3.05, 3.63) is 54.7 Å². The van der Waals surface area contributed by atoms with E-state index in [1.54, 1.807) is 19.1 Å². The molecular formula is C15H13N3O3S. The second kappa shape index (κ2) is 5.03. The maximum Gasteiger partial charge on any atom is 0.273 e. The monoisotopic (exact) mass is 315 g/mol. The number of aromatic nitrogens is 2. The quantitative estimate of drug-likeness (QED) is 0.579. The van der Waals surface area contributed by atoms with Crippen LogP contribution in [0.2, 0.25) is 0 Å². The van der Waals surface area contributed by atoms with E-state index >= 15 is 0 Å². The molecule has 0 aliphatic heterocycles. The maximum atomic E-state index is 12.3. The minimum Gasteiger partial charge on any atom is -0.306 e. The summed E-state index contributed by atoms with van der Waals surface area (Å²) in [6.07, 6.45) is 0. The van der Waals surface area contributed by atoms with Gasteiger partial charge in [0.1, 0.15) is 10.7 Å². The van der Waals surface area contributed by atoms with Gasteiger partial charge >= 0.3 is 0 Å². The molecule has 0 atom stereocenters. The Bertz CT molecular complexity index is 972. The van der Waals surface area contributed by atoms with Crippen molar-refractivity contribution in [3.8, 4) is 11.4 Å². The number of nitro benzene ring substituents is 1. The molecule has 0 saturated heterocycles. The van der Waals surface area contributed by atoms with Crippen molar-refractivity contribution in [1.29, 1.82) is 0 Å². The first kappa shape index (κ1) is 14.4. The molecule has 0 radical (unpaired) electrons. The first-order chi connectivity index (χ1) is 10.4. The number of aromatic amines is 1. The van der Waals surface area contributed by atoms with Gasteiger partial charge in [0, 0.05) is 22.1 Å². The lowest BCUT2D eigenvalue weighted by atomic mass is 10.1. The molecule has 0 amide bonds. The van der Waals surface area contributed by atoms with Crippen molar-refractivity contribution < 1.29 is 4.92 Å². The highest BCUT2D eigenvalue weighted by Gasteiger charge is 2.16. The number of thiophene rings is 1. The highest BCUT2D eigenvalue weighted by atomic mass is 32.1. The number of nitrogens with zero attached hydrogens (tertiary/aromatic N) is 2. The first-order valence-electron chi connectivity index (χ1n) is 6.64. The summed E-state index contributed by atoms with van der Waals surface area (Å²) in [6.45, 7) is 5.51. The lowest BCUT2D eigenvalue weighted by molar-refractivity contribution is -0.385. The van der Waals surface area contributed by atoms with Crippen molar-refractivity contribution in [2.45, 2.75) is 20.8 Å². The van der Waals surface area contributed by atoms with Gasteiger partial charge in [-0.2, -0.15) is 0 Å². The van der Waals surface area contributed by atoms with Crippen LogP contribution >= 0.6 is 11.3 Å². The smallest absolute Gasteiger partial charge is 0.273 e. The average Bonchev–Trinajstić information content (AvgIpc) is 2.74. The minimum atomic E-state index is -0.436. The summed E-state index contributed by atoms with van der Waals surface area (Å²) in [6, 6.07) is 4.81. The van der Waals surface area contributed by atoms with Gasteiger partial charge in [-0.1, -0.05) is 12.1 Å². The third-order valence-corrected chi connectivity index (χ3v) is 4.82. The molecule has 3 aromatic rings. The summed E-state index contributed by atoms with van der Waals surface area (Å²) in [5.41, 5.74) is 1.82. The molecule has 112 valence electrons. The van der Waals surface area contributed by atoms with Crippen molar-refractivity contribution in [3.63, 3.8) is 0 Å². The normalized spacial score (nSPS) is 11.0. The van der Waals surface area contributed by atoms with Gasteiger partial charge < -0.3 is 4.98 Å². The average molecular weight is 315 g/mol. The molecule has 7 heteroatoms. The molecule has 0 unspecified atom stereocenters. The highest BCUT2D eigenvalue weighted by Crippen LogP contribution is 2.29. The Hall–Kier alpha value is -2.54. The zero-order chi connectivity index (χ0) is 16.0. The van der Waals surface area contributed by atoms with Gasteiger partial charge in [-0.3, -0.25) is 14.9 Å². The Morgan fingerprint density at radius 3 is 2.68 bits per heavy atom. The molecule has 0 fully saturated rings. The van der Waals surface area contributed by atoms with Gasteiger partial charge in [0.05, 0.1) is 10.3 Å². The van der Waals surface area contributed by atoms with Crippen LogP contribution in [0, 0.1) is 30.9 Å². The van der Waals surface area contributed by atoms with E-state index in [0.29, 0.717) is 27.2 Å². The van der Waals surface area contributed by atoms with E-state index in [1.807, 2.05) is 13.8 Å². The van der Waals surface area contributed by atoms with Gasteiger partial charge in [0.15, 0.2) is 0 Å². The van der Waals surface area contributed by atoms with E-state index in [9.17, 15) is 14.9 Å². The van der Waals surface area contributed by atoms with Crippen molar-refractivity contribution in [2.75, 3.05) is 0 Å².